The summed E-state index contributed by atoms with van der Waals surface area (Å²) in [7, 11) is 1.71. The molecule has 1 fully saturated rings. The molecule has 4 heterocycles. The summed E-state index contributed by atoms with van der Waals surface area (Å²) in [5.74, 6) is -0.593. The quantitative estimate of drug-likeness (QED) is 0.168. The molecule has 8 nitrogen and oxygen atoms in total. The number of alkyl halides is 3. The van der Waals surface area contributed by atoms with Crippen molar-refractivity contribution in [2.75, 3.05) is 50.4 Å². The van der Waals surface area contributed by atoms with E-state index in [0.29, 0.717) is 27.7 Å². The maximum Gasteiger partial charge on any atom is 0.396 e. The molecule has 12 heteroatoms. The standard InChI is InChI=1S/C33H43F3N8S/c1-6-12-42(7-2)15-16-44-25(19-37)17-26-21(3)23(8-9-28(26)44)20-43-13-10-24(11-14-43)39-30-27-18-29(22(4)33(34,35)36)45-31(27)41-32(38-5)40-30/h8-9,17-18,22,24H,6-7,10-16,20H2,1-5H3,(H2,38,39,40,41). The van der Waals surface area contributed by atoms with Gasteiger partial charge in [-0.2, -0.15) is 23.4 Å². The number of benzene rings is 1. The smallest absolute Gasteiger partial charge is 0.367 e. The Morgan fingerprint density at radius 2 is 1.89 bits per heavy atom. The molecule has 1 atom stereocenters. The number of piperidine rings is 1. The van der Waals surface area contributed by atoms with E-state index >= 15 is 0 Å². The second-order valence-corrected chi connectivity index (χ2v) is 13.0. The molecule has 3 aromatic heterocycles. The van der Waals surface area contributed by atoms with Crippen molar-refractivity contribution in [1.82, 2.24) is 24.3 Å². The highest BCUT2D eigenvalue weighted by atomic mass is 32.1. The first kappa shape index (κ1) is 33.0. The van der Waals surface area contributed by atoms with Gasteiger partial charge in [0.15, 0.2) is 0 Å². The predicted octanol–water partition coefficient (Wildman–Crippen LogP) is 7.34. The minimum atomic E-state index is -4.31. The molecule has 1 aliphatic heterocycles. The number of halogens is 3. The molecule has 0 aliphatic carbocycles. The van der Waals surface area contributed by atoms with Crippen LogP contribution < -0.4 is 10.6 Å². The number of hydrogen-bond donors (Lipinski definition) is 2. The minimum Gasteiger partial charge on any atom is -0.367 e. The molecule has 0 bridgehead atoms. The molecule has 1 unspecified atom stereocenters. The zero-order chi connectivity index (χ0) is 32.3. The monoisotopic (exact) mass is 640 g/mol. The fourth-order valence-electron chi connectivity index (χ4n) is 6.22. The second-order valence-electron chi connectivity index (χ2n) is 12.0. The van der Waals surface area contributed by atoms with Gasteiger partial charge in [0.2, 0.25) is 5.95 Å². The van der Waals surface area contributed by atoms with Crippen LogP contribution in [-0.4, -0.2) is 76.3 Å². The van der Waals surface area contributed by atoms with Gasteiger partial charge in [0.25, 0.3) is 0 Å². The number of likely N-dealkylation sites (N-methyl/N-ethyl adjacent to an activating group) is 1. The fraction of sp³-hybridized carbons (Fsp3) is 0.545. The van der Waals surface area contributed by atoms with Crippen LogP contribution in [0.1, 0.15) is 67.6 Å². The van der Waals surface area contributed by atoms with E-state index in [-0.39, 0.29) is 10.9 Å². The first-order valence-electron chi connectivity index (χ1n) is 15.8. The lowest BCUT2D eigenvalue weighted by atomic mass is 10.0. The molecule has 5 rings (SSSR count). The summed E-state index contributed by atoms with van der Waals surface area (Å²) in [5, 5.41) is 18.1. The largest absolute Gasteiger partial charge is 0.396 e. The second kappa shape index (κ2) is 13.9. The number of hydrogen-bond acceptors (Lipinski definition) is 8. The molecular weight excluding hydrogens is 597 g/mol. The minimum absolute atomic E-state index is 0.152. The summed E-state index contributed by atoms with van der Waals surface area (Å²) in [6, 6.07) is 10.6. The average Bonchev–Trinajstić information content (AvgIpc) is 3.62. The SMILES string of the molecule is CCCN(CC)CCn1c(C#N)cc2c(C)c(CN3CCC(Nc4nc(NC)nc5sc(C(C)C(F)(F)F)cc45)CC3)ccc21. The first-order valence-corrected chi connectivity index (χ1v) is 16.7. The molecule has 242 valence electrons. The van der Waals surface area contributed by atoms with Crippen molar-refractivity contribution in [3.63, 3.8) is 0 Å². The average molecular weight is 641 g/mol. The molecule has 1 aromatic carbocycles. The van der Waals surface area contributed by atoms with E-state index in [1.165, 1.54) is 18.1 Å². The number of aryl methyl sites for hydroxylation is 1. The van der Waals surface area contributed by atoms with E-state index < -0.39 is 12.1 Å². The lowest BCUT2D eigenvalue weighted by molar-refractivity contribution is -0.145. The molecule has 4 aromatic rings. The maximum absolute atomic E-state index is 13.4. The Labute approximate surface area is 267 Å². The van der Waals surface area contributed by atoms with Crippen molar-refractivity contribution in [2.24, 2.45) is 0 Å². The summed E-state index contributed by atoms with van der Waals surface area (Å²) >= 11 is 1.07. The van der Waals surface area contributed by atoms with Crippen molar-refractivity contribution in [2.45, 2.75) is 78.2 Å². The topological polar surface area (TPSA) is 85.0 Å². The van der Waals surface area contributed by atoms with Crippen LogP contribution in [0.25, 0.3) is 21.1 Å². The number of nitriles is 1. The van der Waals surface area contributed by atoms with Gasteiger partial charge >= 0.3 is 6.18 Å². The van der Waals surface area contributed by atoms with Crippen LogP contribution in [0.15, 0.2) is 24.3 Å². The summed E-state index contributed by atoms with van der Waals surface area (Å²) in [6.07, 6.45) is -1.42. The van der Waals surface area contributed by atoms with Crippen LogP contribution in [0, 0.1) is 18.3 Å². The van der Waals surface area contributed by atoms with Crippen molar-refractivity contribution < 1.29 is 13.2 Å². The number of fused-ring (bicyclic) bond motifs is 2. The third kappa shape index (κ3) is 7.21. The third-order valence-corrected chi connectivity index (χ3v) is 10.3. The molecule has 1 aliphatic rings. The molecule has 0 saturated carbocycles. The molecule has 0 amide bonds. The van der Waals surface area contributed by atoms with Gasteiger partial charge < -0.3 is 20.1 Å². The van der Waals surface area contributed by atoms with Crippen LogP contribution in [0.5, 0.6) is 0 Å². The Kier molecular flexibility index (Phi) is 10.2. The van der Waals surface area contributed by atoms with Gasteiger partial charge in [0.05, 0.1) is 11.3 Å². The fourth-order valence-corrected chi connectivity index (χ4v) is 7.33. The van der Waals surface area contributed by atoms with Gasteiger partial charge in [-0.05, 0) is 75.5 Å². The Bertz CT molecular complexity index is 1660. The zero-order valence-corrected chi connectivity index (χ0v) is 27.6. The van der Waals surface area contributed by atoms with Crippen molar-refractivity contribution in [3.8, 4) is 6.07 Å². The number of likely N-dealkylation sites (tertiary alicyclic amines) is 1. The van der Waals surface area contributed by atoms with E-state index in [1.54, 1.807) is 13.1 Å². The Hall–Kier alpha value is -3.40. The van der Waals surface area contributed by atoms with E-state index in [1.807, 2.05) is 6.07 Å². The van der Waals surface area contributed by atoms with Crippen LogP contribution in [0.2, 0.25) is 0 Å². The number of anilines is 2. The number of rotatable bonds is 12. The number of nitrogens with one attached hydrogen (secondary N) is 2. The van der Waals surface area contributed by atoms with Crippen molar-refractivity contribution >= 4 is 44.2 Å². The van der Waals surface area contributed by atoms with E-state index in [4.69, 9.17) is 0 Å². The zero-order valence-electron chi connectivity index (χ0n) is 26.8. The number of aromatic nitrogens is 3. The van der Waals surface area contributed by atoms with Gasteiger partial charge in [-0.1, -0.05) is 19.9 Å². The molecule has 2 N–H and O–H groups in total. The number of nitrogens with zero attached hydrogens (tertiary/aromatic N) is 6. The van der Waals surface area contributed by atoms with Crippen LogP contribution >= 0.6 is 11.3 Å². The summed E-state index contributed by atoms with van der Waals surface area (Å²) in [6.45, 7) is 14.1. The normalized spacial score (nSPS) is 15.6. The van der Waals surface area contributed by atoms with Gasteiger partial charge in [-0.25, -0.2) is 4.98 Å². The lowest BCUT2D eigenvalue weighted by Gasteiger charge is -2.33. The van der Waals surface area contributed by atoms with Gasteiger partial charge in [0, 0.05) is 61.6 Å². The summed E-state index contributed by atoms with van der Waals surface area (Å²) in [4.78, 5) is 14.7. The Morgan fingerprint density at radius 1 is 1.13 bits per heavy atom. The summed E-state index contributed by atoms with van der Waals surface area (Å²) < 4.78 is 42.4. The molecule has 45 heavy (non-hydrogen) atoms. The van der Waals surface area contributed by atoms with Crippen molar-refractivity contribution in [1.29, 1.82) is 5.26 Å². The van der Waals surface area contributed by atoms with Gasteiger partial charge in [0.1, 0.15) is 22.4 Å². The molecular formula is C33H43F3N8S. The lowest BCUT2D eigenvalue weighted by Crippen LogP contribution is -2.39. The highest BCUT2D eigenvalue weighted by Crippen LogP contribution is 2.41. The van der Waals surface area contributed by atoms with Crippen LogP contribution in [-0.2, 0) is 13.1 Å². The molecule has 0 radical (unpaired) electrons. The van der Waals surface area contributed by atoms with E-state index in [2.05, 4.69) is 73.9 Å². The van der Waals surface area contributed by atoms with Gasteiger partial charge in [-0.3, -0.25) is 4.90 Å². The highest BCUT2D eigenvalue weighted by molar-refractivity contribution is 7.18. The van der Waals surface area contributed by atoms with E-state index in [9.17, 15) is 18.4 Å². The number of thiophene rings is 1. The van der Waals surface area contributed by atoms with Crippen LogP contribution in [0.4, 0.5) is 24.9 Å². The maximum atomic E-state index is 13.4. The Balaban J connectivity index is 1.26. The van der Waals surface area contributed by atoms with Gasteiger partial charge in [-0.15, -0.1) is 11.3 Å². The van der Waals surface area contributed by atoms with Crippen LogP contribution in [0.3, 0.4) is 0 Å². The molecule has 1 saturated heterocycles. The predicted molar refractivity (Wildman–Crippen MR) is 177 cm³/mol. The Morgan fingerprint density at radius 3 is 2.53 bits per heavy atom. The molecule has 0 spiro atoms. The highest BCUT2D eigenvalue weighted by Gasteiger charge is 2.38. The van der Waals surface area contributed by atoms with E-state index in [0.717, 1.165) is 87.3 Å². The van der Waals surface area contributed by atoms with Crippen molar-refractivity contribution in [3.05, 3.63) is 46.0 Å². The first-order chi connectivity index (χ1) is 21.6. The summed E-state index contributed by atoms with van der Waals surface area (Å²) in [5.41, 5.74) is 4.29. The third-order valence-electron chi connectivity index (χ3n) is 9.08.